The minimum absolute atomic E-state index is 0.775. The third-order valence-corrected chi connectivity index (χ3v) is 18.2. The predicted molar refractivity (Wildman–Crippen MR) is 358 cm³/mol. The van der Waals surface area contributed by atoms with Crippen molar-refractivity contribution in [2.75, 3.05) is 0 Å². The highest BCUT2D eigenvalue weighted by molar-refractivity contribution is 6.32. The summed E-state index contributed by atoms with van der Waals surface area (Å²) in [5.74, 6) is 0. The van der Waals surface area contributed by atoms with E-state index in [2.05, 4.69) is 267 Å². The van der Waals surface area contributed by atoms with Crippen molar-refractivity contribution in [3.05, 3.63) is 279 Å². The van der Waals surface area contributed by atoms with Crippen LogP contribution in [0.3, 0.4) is 0 Å². The van der Waals surface area contributed by atoms with Crippen LogP contribution in [0.4, 0.5) is 0 Å². The van der Waals surface area contributed by atoms with E-state index in [4.69, 9.17) is 17.7 Å². The molecule has 4 aromatic heterocycles. The monoisotopic (exact) mass is 1090 g/mol. The van der Waals surface area contributed by atoms with Crippen molar-refractivity contribution in [2.45, 2.75) is 0 Å². The topological polar surface area (TPSA) is 52.6 Å². The molecule has 398 valence electrons. The van der Waals surface area contributed by atoms with Crippen molar-refractivity contribution in [1.29, 1.82) is 0 Å². The molecule has 0 N–H and O–H groups in total. The van der Waals surface area contributed by atoms with Crippen molar-refractivity contribution in [2.24, 2.45) is 0 Å². The summed E-state index contributed by atoms with van der Waals surface area (Å²) >= 11 is 0. The molecular weight excluding hydrogens is 1050 g/mol. The molecule has 0 spiro atoms. The maximum Gasteiger partial charge on any atom is 0.147 e. The van der Waals surface area contributed by atoms with Gasteiger partial charge in [-0.25, -0.2) is 0 Å². The van der Waals surface area contributed by atoms with Gasteiger partial charge in [0.15, 0.2) is 0 Å². The molecule has 0 bridgehead atoms. The number of fused-ring (bicyclic) bond motifs is 18. The van der Waals surface area contributed by atoms with Gasteiger partial charge < -0.3 is 17.7 Å². The first-order valence-electron chi connectivity index (χ1n) is 29.4. The highest BCUT2D eigenvalue weighted by atomic mass is 16.4. The largest absolute Gasteiger partial charge is 0.455 e. The molecule has 4 heterocycles. The molecule has 15 aromatic carbocycles. The molecule has 19 rings (SSSR count). The van der Waals surface area contributed by atoms with Gasteiger partial charge in [0.1, 0.15) is 44.7 Å². The quantitative estimate of drug-likeness (QED) is 0.156. The smallest absolute Gasteiger partial charge is 0.147 e. The van der Waals surface area contributed by atoms with Gasteiger partial charge in [0.05, 0.1) is 10.8 Å². The zero-order chi connectivity index (χ0) is 56.1. The van der Waals surface area contributed by atoms with E-state index in [1.54, 1.807) is 0 Å². The summed E-state index contributed by atoms with van der Waals surface area (Å²) in [5.41, 5.74) is 20.0. The van der Waals surface area contributed by atoms with Crippen LogP contribution in [0.25, 0.3) is 198 Å². The van der Waals surface area contributed by atoms with Crippen molar-refractivity contribution in [3.63, 3.8) is 0 Å². The maximum absolute atomic E-state index is 7.40. The number of furan rings is 4. The molecular formula is C82H46O4. The Balaban J connectivity index is 0.843. The molecule has 4 heteroatoms. The minimum Gasteiger partial charge on any atom is -0.455 e. The van der Waals surface area contributed by atoms with Gasteiger partial charge in [0.25, 0.3) is 0 Å². The Morgan fingerprint density at radius 2 is 0.523 bits per heavy atom. The first-order chi connectivity index (χ1) is 42.7. The zero-order valence-corrected chi connectivity index (χ0v) is 46.2. The number of rotatable bonds is 6. The van der Waals surface area contributed by atoms with Crippen molar-refractivity contribution in [1.82, 2.24) is 0 Å². The van der Waals surface area contributed by atoms with Crippen LogP contribution in [0.1, 0.15) is 0 Å². The Kier molecular flexibility index (Phi) is 9.86. The summed E-state index contributed by atoms with van der Waals surface area (Å²) in [7, 11) is 0. The van der Waals surface area contributed by atoms with Gasteiger partial charge in [0, 0.05) is 54.6 Å². The van der Waals surface area contributed by atoms with Gasteiger partial charge in [-0.1, -0.05) is 231 Å². The minimum atomic E-state index is 0.775. The summed E-state index contributed by atoms with van der Waals surface area (Å²) in [5, 5.41) is 17.4. The van der Waals surface area contributed by atoms with Gasteiger partial charge in [-0.2, -0.15) is 0 Å². The SMILES string of the molecule is c1ccc(-c2ccccc2-c2c3ccccc3c(-c3cc4c5ccccc5oc4c4c3oc3cc(-c5ccc6oc7c(cc(-c8c9ccccc9c(-c9ccccc9)c9ccccc89)c8oc9ccccc9c87)c6c5)ccc34)c3ccccc23)cc1. The normalized spacial score (nSPS) is 12.2. The Morgan fingerprint density at radius 1 is 0.163 bits per heavy atom. The Bertz CT molecular complexity index is 5960. The van der Waals surface area contributed by atoms with E-state index in [-0.39, 0.29) is 0 Å². The molecule has 86 heavy (non-hydrogen) atoms. The molecule has 0 fully saturated rings. The molecule has 0 radical (unpaired) electrons. The lowest BCUT2D eigenvalue weighted by Gasteiger charge is -2.20. The molecule has 0 aliphatic heterocycles. The second-order valence-corrected chi connectivity index (χ2v) is 22.8. The summed E-state index contributed by atoms with van der Waals surface area (Å²) < 4.78 is 28.3. The molecule has 0 aliphatic carbocycles. The molecule has 0 atom stereocenters. The number of hydrogen-bond acceptors (Lipinski definition) is 4. The van der Waals surface area contributed by atoms with Crippen LogP contribution in [-0.2, 0) is 0 Å². The molecule has 0 aliphatic rings. The first-order valence-corrected chi connectivity index (χ1v) is 29.4. The summed E-state index contributed by atoms with van der Waals surface area (Å²) in [6.07, 6.45) is 0. The summed E-state index contributed by atoms with van der Waals surface area (Å²) in [4.78, 5) is 0. The summed E-state index contributed by atoms with van der Waals surface area (Å²) in [6, 6.07) is 100. The van der Waals surface area contributed by atoms with Gasteiger partial charge in [-0.15, -0.1) is 0 Å². The lowest BCUT2D eigenvalue weighted by atomic mass is 9.83. The first kappa shape index (κ1) is 47.1. The van der Waals surface area contributed by atoms with E-state index in [1.807, 2.05) is 12.1 Å². The average molecular weight is 1100 g/mol. The van der Waals surface area contributed by atoms with Crippen LogP contribution < -0.4 is 0 Å². The lowest BCUT2D eigenvalue weighted by molar-refractivity contribution is 0.663. The van der Waals surface area contributed by atoms with E-state index in [1.165, 1.54) is 54.9 Å². The Morgan fingerprint density at radius 3 is 1.08 bits per heavy atom. The van der Waals surface area contributed by atoms with Crippen LogP contribution in [0.15, 0.2) is 297 Å². The second-order valence-electron chi connectivity index (χ2n) is 22.8. The molecule has 4 nitrogen and oxygen atoms in total. The van der Waals surface area contributed by atoms with Crippen LogP contribution in [-0.4, -0.2) is 0 Å². The van der Waals surface area contributed by atoms with Gasteiger partial charge in [-0.3, -0.25) is 0 Å². The second kappa shape index (κ2) is 18.0. The maximum atomic E-state index is 7.40. The number of benzene rings is 15. The predicted octanol–water partition coefficient (Wildman–Crippen LogP) is 23.9. The van der Waals surface area contributed by atoms with Crippen LogP contribution in [0, 0.1) is 0 Å². The van der Waals surface area contributed by atoms with E-state index in [9.17, 15) is 0 Å². The third kappa shape index (κ3) is 6.69. The Hall–Kier alpha value is -11.5. The molecule has 0 amide bonds. The van der Waals surface area contributed by atoms with E-state index >= 15 is 0 Å². The third-order valence-electron chi connectivity index (χ3n) is 18.2. The fraction of sp³-hybridized carbons (Fsp3) is 0. The van der Waals surface area contributed by atoms with E-state index in [0.717, 1.165) is 143 Å². The molecule has 0 saturated carbocycles. The van der Waals surface area contributed by atoms with E-state index < -0.39 is 0 Å². The Labute approximate surface area is 491 Å². The van der Waals surface area contributed by atoms with Crippen molar-refractivity contribution < 1.29 is 17.7 Å². The fourth-order valence-electron chi connectivity index (χ4n) is 14.6. The number of hydrogen-bond donors (Lipinski definition) is 0. The van der Waals surface area contributed by atoms with Crippen molar-refractivity contribution in [3.8, 4) is 66.8 Å². The number of para-hydroxylation sites is 2. The van der Waals surface area contributed by atoms with Crippen LogP contribution >= 0.6 is 0 Å². The lowest BCUT2D eigenvalue weighted by Crippen LogP contribution is -1.93. The zero-order valence-electron chi connectivity index (χ0n) is 46.2. The standard InChI is InChI=1S/C82H46O4/c1-3-21-47(22-4-1)51-25-7-8-27-53(51)74-58-32-13-15-34-60(58)76(61-35-16-14-33-59(61)74)67-45-65-52-26-17-19-37-69(52)83-79(65)78-63-41-39-50(44-72(63)86-82(67)78)49-40-42-71-64(43-49)66-46-68(81-77(80(66)85-71)62-36-18-20-38-70(62)84-81)75-56-30-11-9-28-54(56)73(48-23-5-2-6-24-48)55-29-10-12-31-57(55)75/h1-46H. The molecule has 19 aromatic rings. The van der Waals surface area contributed by atoms with Crippen LogP contribution in [0.5, 0.6) is 0 Å². The summed E-state index contributed by atoms with van der Waals surface area (Å²) in [6.45, 7) is 0. The van der Waals surface area contributed by atoms with Gasteiger partial charge in [-0.05, 0) is 136 Å². The average Bonchev–Trinajstić information content (AvgIpc) is 2.09. The van der Waals surface area contributed by atoms with Crippen molar-refractivity contribution >= 4 is 131 Å². The fourth-order valence-corrected chi connectivity index (χ4v) is 14.6. The van der Waals surface area contributed by atoms with Gasteiger partial charge >= 0.3 is 0 Å². The molecule has 0 unspecified atom stereocenters. The molecule has 0 saturated heterocycles. The highest BCUT2D eigenvalue weighted by Crippen LogP contribution is 2.53. The van der Waals surface area contributed by atoms with Crippen LogP contribution in [0.2, 0.25) is 0 Å². The van der Waals surface area contributed by atoms with E-state index in [0.29, 0.717) is 0 Å². The highest BCUT2D eigenvalue weighted by Gasteiger charge is 2.28. The van der Waals surface area contributed by atoms with Gasteiger partial charge in [0.2, 0.25) is 0 Å².